The Morgan fingerprint density at radius 2 is 1.90 bits per heavy atom. The van der Waals surface area contributed by atoms with Crippen LogP contribution in [-0.4, -0.2) is 33.8 Å². The van der Waals surface area contributed by atoms with E-state index in [2.05, 4.69) is 4.98 Å². The van der Waals surface area contributed by atoms with Crippen molar-refractivity contribution < 1.29 is 27.6 Å². The van der Waals surface area contributed by atoms with Gasteiger partial charge in [0, 0.05) is 0 Å². The quantitative estimate of drug-likeness (QED) is 0.614. The molecule has 0 unspecified atom stereocenters. The van der Waals surface area contributed by atoms with Crippen LogP contribution in [0.3, 0.4) is 0 Å². The van der Waals surface area contributed by atoms with Gasteiger partial charge in [0.05, 0.1) is 11.9 Å². The number of imide groups is 2. The third kappa shape index (κ3) is 1.80. The average Bonchev–Trinajstić information content (AvgIpc) is 3.17. The Hall–Kier alpha value is -2.45. The first kappa shape index (κ1) is 13.5. The molecule has 0 atom stereocenters. The lowest BCUT2D eigenvalue weighted by Crippen LogP contribution is -2.35. The molecule has 2 fully saturated rings. The van der Waals surface area contributed by atoms with Crippen molar-refractivity contribution in [2.45, 2.75) is 24.6 Å². The van der Waals surface area contributed by atoms with E-state index in [9.17, 15) is 27.6 Å². The second kappa shape index (κ2) is 4.03. The number of anilines is 1. The summed E-state index contributed by atoms with van der Waals surface area (Å²) < 4.78 is 37.3. The Bertz CT molecular complexity index is 637. The lowest BCUT2D eigenvalue weighted by Gasteiger charge is -2.13. The molecule has 1 aliphatic heterocycles. The van der Waals surface area contributed by atoms with Gasteiger partial charge in [-0.05, 0) is 25.0 Å². The first-order chi connectivity index (χ1) is 9.81. The molecule has 4 amide bonds. The predicted octanol–water partition coefficient (Wildman–Crippen LogP) is 1.56. The van der Waals surface area contributed by atoms with Crippen LogP contribution in [0.1, 0.15) is 18.5 Å². The number of nitrogens with zero attached hydrogens (tertiary/aromatic N) is 3. The van der Waals surface area contributed by atoms with Gasteiger partial charge in [0.25, 0.3) is 5.91 Å². The van der Waals surface area contributed by atoms with Gasteiger partial charge in [-0.1, -0.05) is 0 Å². The van der Waals surface area contributed by atoms with Crippen LogP contribution in [0.25, 0.3) is 0 Å². The number of aromatic nitrogens is 1. The molecule has 21 heavy (non-hydrogen) atoms. The molecule has 1 aromatic heterocycles. The zero-order valence-electron chi connectivity index (χ0n) is 10.4. The highest BCUT2D eigenvalue weighted by Gasteiger charge is 2.65. The predicted molar refractivity (Wildman–Crippen MR) is 62.0 cm³/mol. The number of urea groups is 1. The second-order valence-corrected chi connectivity index (χ2v) is 4.83. The SMILES string of the molecule is O=CN1C(=O)N(c2ccc(C(F)(F)F)nc2)C(=O)C12CC2. The number of hydrogen-bond acceptors (Lipinski definition) is 4. The monoisotopic (exact) mass is 299 g/mol. The molecule has 1 spiro atoms. The molecule has 1 saturated carbocycles. The van der Waals surface area contributed by atoms with Gasteiger partial charge in [0.15, 0.2) is 0 Å². The summed E-state index contributed by atoms with van der Waals surface area (Å²) in [6, 6.07) is 0.795. The van der Waals surface area contributed by atoms with E-state index in [4.69, 9.17) is 0 Å². The zero-order valence-corrected chi connectivity index (χ0v) is 10.4. The number of rotatable bonds is 2. The number of amides is 4. The van der Waals surface area contributed by atoms with Crippen molar-refractivity contribution in [3.63, 3.8) is 0 Å². The van der Waals surface area contributed by atoms with Crippen LogP contribution in [0.4, 0.5) is 23.7 Å². The lowest BCUT2D eigenvalue weighted by atomic mass is 10.2. The summed E-state index contributed by atoms with van der Waals surface area (Å²) in [5, 5.41) is 0. The maximum absolute atomic E-state index is 12.4. The number of pyridine rings is 1. The standard InChI is InChI=1S/C12H8F3N3O3/c13-12(14,15)8-2-1-7(5-16-8)18-9(20)11(3-4-11)17(6-19)10(18)21/h1-2,5-6H,3-4H2. The number of carbonyl (C=O) groups is 3. The number of hydrogen-bond donors (Lipinski definition) is 0. The van der Waals surface area contributed by atoms with E-state index in [-0.39, 0.29) is 12.1 Å². The molecular weight excluding hydrogens is 291 g/mol. The highest BCUT2D eigenvalue weighted by molar-refractivity contribution is 6.26. The van der Waals surface area contributed by atoms with Crippen molar-refractivity contribution in [1.82, 2.24) is 9.88 Å². The second-order valence-electron chi connectivity index (χ2n) is 4.83. The normalized spacial score (nSPS) is 20.3. The number of halogens is 3. The molecule has 1 saturated heterocycles. The minimum absolute atomic E-state index is 0.0892. The van der Waals surface area contributed by atoms with Crippen LogP contribution in [0.5, 0.6) is 0 Å². The van der Waals surface area contributed by atoms with Crippen molar-refractivity contribution >= 4 is 24.0 Å². The van der Waals surface area contributed by atoms with Gasteiger partial charge >= 0.3 is 12.2 Å². The highest BCUT2D eigenvalue weighted by atomic mass is 19.4. The number of alkyl halides is 3. The molecule has 2 heterocycles. The van der Waals surface area contributed by atoms with Crippen LogP contribution in [0.2, 0.25) is 0 Å². The Labute approximate surface area is 116 Å². The molecule has 1 aromatic rings. The van der Waals surface area contributed by atoms with Gasteiger partial charge in [-0.25, -0.2) is 14.7 Å². The molecule has 0 aromatic carbocycles. The topological polar surface area (TPSA) is 70.6 Å². The fraction of sp³-hybridized carbons (Fsp3) is 0.333. The highest BCUT2D eigenvalue weighted by Crippen LogP contribution is 2.48. The summed E-state index contributed by atoms with van der Waals surface area (Å²) in [5.74, 6) is -0.610. The Balaban J connectivity index is 1.96. The maximum Gasteiger partial charge on any atom is 0.433 e. The van der Waals surface area contributed by atoms with Crippen LogP contribution in [0.15, 0.2) is 18.3 Å². The van der Waals surface area contributed by atoms with Crippen molar-refractivity contribution in [2.75, 3.05) is 4.90 Å². The summed E-state index contributed by atoms with van der Waals surface area (Å²) in [7, 11) is 0. The maximum atomic E-state index is 12.4. The lowest BCUT2D eigenvalue weighted by molar-refractivity contribution is -0.141. The summed E-state index contributed by atoms with van der Waals surface area (Å²) in [4.78, 5) is 39.9. The summed E-state index contributed by atoms with van der Waals surface area (Å²) in [5.41, 5.74) is -2.37. The van der Waals surface area contributed by atoms with Gasteiger partial charge in [0.2, 0.25) is 6.41 Å². The molecule has 0 N–H and O–H groups in total. The van der Waals surface area contributed by atoms with E-state index < -0.39 is 29.3 Å². The molecule has 1 aliphatic carbocycles. The van der Waals surface area contributed by atoms with Crippen LogP contribution in [0, 0.1) is 0 Å². The Morgan fingerprint density at radius 1 is 1.24 bits per heavy atom. The van der Waals surface area contributed by atoms with Crippen LogP contribution in [-0.2, 0) is 15.8 Å². The molecule has 0 radical (unpaired) electrons. The average molecular weight is 299 g/mol. The molecule has 3 rings (SSSR count). The molecule has 110 valence electrons. The van der Waals surface area contributed by atoms with E-state index >= 15 is 0 Å². The molecular formula is C12H8F3N3O3. The Morgan fingerprint density at radius 3 is 2.29 bits per heavy atom. The minimum atomic E-state index is -4.61. The number of carbonyl (C=O) groups excluding carboxylic acids is 3. The summed E-state index contributed by atoms with van der Waals surface area (Å²) in [6.45, 7) is 0. The zero-order chi connectivity index (χ0) is 15.4. The first-order valence-electron chi connectivity index (χ1n) is 5.98. The largest absolute Gasteiger partial charge is 0.433 e. The fourth-order valence-electron chi connectivity index (χ4n) is 2.32. The van der Waals surface area contributed by atoms with E-state index in [0.29, 0.717) is 23.8 Å². The van der Waals surface area contributed by atoms with Crippen molar-refractivity contribution in [2.24, 2.45) is 0 Å². The van der Waals surface area contributed by atoms with Crippen LogP contribution >= 0.6 is 0 Å². The molecule has 2 aliphatic rings. The third-order valence-corrected chi connectivity index (χ3v) is 3.59. The van der Waals surface area contributed by atoms with Crippen molar-refractivity contribution in [1.29, 1.82) is 0 Å². The fourth-order valence-corrected chi connectivity index (χ4v) is 2.32. The van der Waals surface area contributed by atoms with Gasteiger partial charge < -0.3 is 0 Å². The van der Waals surface area contributed by atoms with Gasteiger partial charge in [-0.2, -0.15) is 13.2 Å². The summed E-state index contributed by atoms with van der Waals surface area (Å²) >= 11 is 0. The van der Waals surface area contributed by atoms with Gasteiger partial charge in [-0.3, -0.25) is 14.5 Å². The minimum Gasteiger partial charge on any atom is -0.278 e. The van der Waals surface area contributed by atoms with E-state index in [1.165, 1.54) is 0 Å². The van der Waals surface area contributed by atoms with Crippen molar-refractivity contribution in [3.8, 4) is 0 Å². The van der Waals surface area contributed by atoms with E-state index in [0.717, 1.165) is 17.2 Å². The van der Waals surface area contributed by atoms with E-state index in [1.54, 1.807) is 0 Å². The third-order valence-electron chi connectivity index (χ3n) is 3.59. The van der Waals surface area contributed by atoms with Crippen LogP contribution < -0.4 is 4.90 Å². The van der Waals surface area contributed by atoms with Crippen molar-refractivity contribution in [3.05, 3.63) is 24.0 Å². The summed E-state index contributed by atoms with van der Waals surface area (Å²) in [6.07, 6.45) is -2.82. The molecule has 6 nitrogen and oxygen atoms in total. The first-order valence-corrected chi connectivity index (χ1v) is 5.98. The molecule has 0 bridgehead atoms. The molecule has 9 heteroatoms. The van der Waals surface area contributed by atoms with Gasteiger partial charge in [0.1, 0.15) is 11.2 Å². The smallest absolute Gasteiger partial charge is 0.278 e. The van der Waals surface area contributed by atoms with Gasteiger partial charge in [-0.15, -0.1) is 0 Å². The Kier molecular flexibility index (Phi) is 2.59. The van der Waals surface area contributed by atoms with E-state index in [1.807, 2.05) is 0 Å².